The third-order valence-corrected chi connectivity index (χ3v) is 4.26. The van der Waals surface area contributed by atoms with Crippen LogP contribution in [0.2, 0.25) is 0 Å². The molecule has 1 saturated heterocycles. The van der Waals surface area contributed by atoms with Crippen LogP contribution in [0.4, 0.5) is 11.4 Å². The van der Waals surface area contributed by atoms with Crippen molar-refractivity contribution in [2.24, 2.45) is 5.73 Å². The van der Waals surface area contributed by atoms with E-state index in [9.17, 15) is 9.59 Å². The summed E-state index contributed by atoms with van der Waals surface area (Å²) in [6, 6.07) is 17.2. The summed E-state index contributed by atoms with van der Waals surface area (Å²) in [4.78, 5) is 25.8. The van der Waals surface area contributed by atoms with Gasteiger partial charge in [0.1, 0.15) is 6.10 Å². The average Bonchev–Trinajstić information content (AvgIpc) is 2.69. The third kappa shape index (κ3) is 5.54. The van der Waals surface area contributed by atoms with Crippen LogP contribution in [0.1, 0.15) is 5.56 Å². The molecule has 1 aliphatic heterocycles. The van der Waals surface area contributed by atoms with Crippen molar-refractivity contribution >= 4 is 23.2 Å². The molecule has 2 aromatic carbocycles. The van der Waals surface area contributed by atoms with Crippen molar-refractivity contribution in [2.75, 3.05) is 36.5 Å². The Balaban J connectivity index is 1.73. The molecule has 0 radical (unpaired) electrons. The molecule has 2 aromatic rings. The van der Waals surface area contributed by atoms with E-state index in [0.29, 0.717) is 25.4 Å². The largest absolute Gasteiger partial charge is 0.368 e. The van der Waals surface area contributed by atoms with Gasteiger partial charge < -0.3 is 26.0 Å². The monoisotopic (exact) mass is 368 g/mol. The molecule has 7 heteroatoms. The fraction of sp³-hybridized carbons (Fsp3) is 0.300. The van der Waals surface area contributed by atoms with Crippen molar-refractivity contribution in [1.82, 2.24) is 5.32 Å². The van der Waals surface area contributed by atoms with Crippen molar-refractivity contribution in [3.63, 3.8) is 0 Å². The smallest absolute Gasteiger partial charge is 0.254 e. The van der Waals surface area contributed by atoms with E-state index in [2.05, 4.69) is 10.6 Å². The normalized spacial score (nSPS) is 16.5. The summed E-state index contributed by atoms with van der Waals surface area (Å²) in [7, 11) is 0. The zero-order valence-electron chi connectivity index (χ0n) is 15.1. The molecule has 0 aliphatic carbocycles. The molecule has 0 spiro atoms. The molecule has 3 rings (SSSR count). The van der Waals surface area contributed by atoms with Gasteiger partial charge in [-0.15, -0.1) is 0 Å². The SMILES string of the molecule is NC(=O)CN(Cc1ccccc1)c1cccc(NC(=O)C2CNCCO2)c1. The Morgan fingerprint density at radius 2 is 2.00 bits per heavy atom. The van der Waals surface area contributed by atoms with E-state index >= 15 is 0 Å². The van der Waals surface area contributed by atoms with Crippen LogP contribution in [0.3, 0.4) is 0 Å². The Morgan fingerprint density at radius 1 is 1.19 bits per heavy atom. The molecule has 1 heterocycles. The summed E-state index contributed by atoms with van der Waals surface area (Å²) in [6.45, 7) is 2.38. The number of hydrogen-bond acceptors (Lipinski definition) is 5. The Labute approximate surface area is 158 Å². The highest BCUT2D eigenvalue weighted by Crippen LogP contribution is 2.22. The lowest BCUT2D eigenvalue weighted by molar-refractivity contribution is -0.128. The predicted octanol–water partition coefficient (Wildman–Crippen LogP) is 1.11. The summed E-state index contributed by atoms with van der Waals surface area (Å²) in [6.07, 6.45) is -0.506. The van der Waals surface area contributed by atoms with Gasteiger partial charge in [0.05, 0.1) is 13.2 Å². The van der Waals surface area contributed by atoms with E-state index in [4.69, 9.17) is 10.5 Å². The molecular formula is C20H24N4O3. The molecule has 4 N–H and O–H groups in total. The van der Waals surface area contributed by atoms with E-state index in [1.165, 1.54) is 0 Å². The average molecular weight is 368 g/mol. The second-order valence-electron chi connectivity index (χ2n) is 6.41. The van der Waals surface area contributed by atoms with Crippen LogP contribution in [0, 0.1) is 0 Å². The maximum atomic E-state index is 12.4. The van der Waals surface area contributed by atoms with Gasteiger partial charge in [-0.3, -0.25) is 9.59 Å². The van der Waals surface area contributed by atoms with Crippen molar-refractivity contribution in [3.05, 3.63) is 60.2 Å². The number of anilines is 2. The molecule has 2 amide bonds. The maximum Gasteiger partial charge on any atom is 0.254 e. The van der Waals surface area contributed by atoms with Gasteiger partial charge in [0, 0.05) is 31.0 Å². The minimum absolute atomic E-state index is 0.0853. The summed E-state index contributed by atoms with van der Waals surface area (Å²) in [5, 5.41) is 6.01. The standard InChI is InChI=1S/C20H24N4O3/c21-19(25)14-24(13-15-5-2-1-3-6-15)17-8-4-7-16(11-17)23-20(26)18-12-22-9-10-27-18/h1-8,11,18,22H,9-10,12-14H2,(H2,21,25)(H,23,26). The number of primary amides is 1. The third-order valence-electron chi connectivity index (χ3n) is 4.26. The van der Waals surface area contributed by atoms with Gasteiger partial charge in [-0.2, -0.15) is 0 Å². The number of morpholine rings is 1. The number of hydrogen-bond donors (Lipinski definition) is 3. The van der Waals surface area contributed by atoms with Gasteiger partial charge in [-0.05, 0) is 23.8 Å². The number of nitrogens with two attached hydrogens (primary N) is 1. The van der Waals surface area contributed by atoms with E-state index in [1.807, 2.05) is 59.5 Å². The number of amides is 2. The van der Waals surface area contributed by atoms with E-state index < -0.39 is 12.0 Å². The van der Waals surface area contributed by atoms with Crippen molar-refractivity contribution in [2.45, 2.75) is 12.6 Å². The minimum atomic E-state index is -0.506. The molecule has 1 aliphatic rings. The number of carbonyl (C=O) groups excluding carboxylic acids is 2. The Kier molecular flexibility index (Phi) is 6.40. The van der Waals surface area contributed by atoms with Gasteiger partial charge in [-0.1, -0.05) is 36.4 Å². The van der Waals surface area contributed by atoms with Gasteiger partial charge >= 0.3 is 0 Å². The fourth-order valence-electron chi connectivity index (χ4n) is 2.97. The van der Waals surface area contributed by atoms with Crippen molar-refractivity contribution in [3.8, 4) is 0 Å². The Hall–Kier alpha value is -2.90. The number of nitrogens with one attached hydrogen (secondary N) is 2. The van der Waals surface area contributed by atoms with Gasteiger partial charge in [0.15, 0.2) is 0 Å². The molecular weight excluding hydrogens is 344 g/mol. The molecule has 1 atom stereocenters. The number of rotatable bonds is 7. The minimum Gasteiger partial charge on any atom is -0.368 e. The molecule has 27 heavy (non-hydrogen) atoms. The fourth-order valence-corrected chi connectivity index (χ4v) is 2.97. The van der Waals surface area contributed by atoms with Crippen LogP contribution < -0.4 is 21.3 Å². The van der Waals surface area contributed by atoms with Crippen molar-refractivity contribution in [1.29, 1.82) is 0 Å². The predicted molar refractivity (Wildman–Crippen MR) is 104 cm³/mol. The van der Waals surface area contributed by atoms with E-state index in [-0.39, 0.29) is 12.5 Å². The first-order valence-corrected chi connectivity index (χ1v) is 8.92. The molecule has 1 fully saturated rings. The summed E-state index contributed by atoms with van der Waals surface area (Å²) in [5.74, 6) is -0.606. The topological polar surface area (TPSA) is 96.7 Å². The van der Waals surface area contributed by atoms with Crippen LogP contribution in [-0.2, 0) is 20.9 Å². The highest BCUT2D eigenvalue weighted by atomic mass is 16.5. The highest BCUT2D eigenvalue weighted by molar-refractivity contribution is 5.95. The highest BCUT2D eigenvalue weighted by Gasteiger charge is 2.22. The number of nitrogens with zero attached hydrogens (tertiary/aromatic N) is 1. The Bertz CT molecular complexity index is 776. The first-order chi connectivity index (χ1) is 13.1. The van der Waals surface area contributed by atoms with E-state index in [0.717, 1.165) is 17.8 Å². The van der Waals surface area contributed by atoms with Crippen LogP contribution in [0.15, 0.2) is 54.6 Å². The lowest BCUT2D eigenvalue weighted by Crippen LogP contribution is -2.45. The molecule has 1 unspecified atom stereocenters. The lowest BCUT2D eigenvalue weighted by atomic mass is 10.2. The quantitative estimate of drug-likeness (QED) is 0.680. The van der Waals surface area contributed by atoms with E-state index in [1.54, 1.807) is 0 Å². The molecule has 0 bridgehead atoms. The second-order valence-corrected chi connectivity index (χ2v) is 6.41. The summed E-state index contributed by atoms with van der Waals surface area (Å²) in [5.41, 5.74) is 7.94. The lowest BCUT2D eigenvalue weighted by Gasteiger charge is -2.25. The summed E-state index contributed by atoms with van der Waals surface area (Å²) >= 11 is 0. The van der Waals surface area contributed by atoms with Gasteiger partial charge in [-0.25, -0.2) is 0 Å². The molecule has 142 valence electrons. The zero-order chi connectivity index (χ0) is 19.1. The first kappa shape index (κ1) is 18.9. The summed E-state index contributed by atoms with van der Waals surface area (Å²) < 4.78 is 5.48. The number of ether oxygens (including phenoxy) is 1. The van der Waals surface area contributed by atoms with Crippen LogP contribution in [-0.4, -0.2) is 44.2 Å². The zero-order valence-corrected chi connectivity index (χ0v) is 15.1. The van der Waals surface area contributed by atoms with Gasteiger partial charge in [0.2, 0.25) is 5.91 Å². The Morgan fingerprint density at radius 3 is 2.70 bits per heavy atom. The van der Waals surface area contributed by atoms with Crippen molar-refractivity contribution < 1.29 is 14.3 Å². The number of benzene rings is 2. The maximum absolute atomic E-state index is 12.4. The molecule has 0 saturated carbocycles. The molecule has 0 aromatic heterocycles. The van der Waals surface area contributed by atoms with Crippen LogP contribution in [0.5, 0.6) is 0 Å². The number of carbonyl (C=O) groups is 2. The molecule has 7 nitrogen and oxygen atoms in total. The van der Waals surface area contributed by atoms with Crippen LogP contribution >= 0.6 is 0 Å². The van der Waals surface area contributed by atoms with Crippen LogP contribution in [0.25, 0.3) is 0 Å². The first-order valence-electron chi connectivity index (χ1n) is 8.92. The van der Waals surface area contributed by atoms with Gasteiger partial charge in [0.25, 0.3) is 5.91 Å². The second kappa shape index (κ2) is 9.16.